The van der Waals surface area contributed by atoms with Crippen LogP contribution in [0.3, 0.4) is 0 Å². The summed E-state index contributed by atoms with van der Waals surface area (Å²) in [6.45, 7) is 10.5. The maximum atomic E-state index is 4.84. The van der Waals surface area contributed by atoms with Crippen LogP contribution in [0.15, 0.2) is 74.7 Å². The molecular formula is C20H25NS. The fourth-order valence-electron chi connectivity index (χ4n) is 2.36. The first-order valence-electron chi connectivity index (χ1n) is 8.08. The van der Waals surface area contributed by atoms with Gasteiger partial charge in [0, 0.05) is 21.1 Å². The van der Waals surface area contributed by atoms with Gasteiger partial charge in [0.1, 0.15) is 0 Å². The SMILES string of the molecule is CC.CC1=NC2=C(C=CC(C)C=C2)SC2=C1C=CC(C)C=C2. The third-order valence-corrected chi connectivity index (χ3v) is 4.78. The zero-order valence-electron chi connectivity index (χ0n) is 14.1. The van der Waals surface area contributed by atoms with Crippen LogP contribution in [0.2, 0.25) is 0 Å². The number of thioether (sulfide) groups is 1. The van der Waals surface area contributed by atoms with E-state index in [1.54, 1.807) is 0 Å². The second-order valence-electron chi connectivity index (χ2n) is 5.48. The van der Waals surface area contributed by atoms with E-state index in [0.29, 0.717) is 11.8 Å². The number of allylic oxidation sites excluding steroid dienone is 9. The van der Waals surface area contributed by atoms with Crippen molar-refractivity contribution in [1.82, 2.24) is 0 Å². The summed E-state index contributed by atoms with van der Waals surface area (Å²) in [7, 11) is 0. The summed E-state index contributed by atoms with van der Waals surface area (Å²) in [5, 5.41) is 0. The van der Waals surface area contributed by atoms with Crippen molar-refractivity contribution >= 4 is 17.5 Å². The Kier molecular flexibility index (Phi) is 5.84. The molecule has 0 radical (unpaired) electrons. The van der Waals surface area contributed by atoms with Crippen LogP contribution in [0.4, 0.5) is 0 Å². The van der Waals surface area contributed by atoms with Gasteiger partial charge < -0.3 is 0 Å². The molecule has 0 spiro atoms. The Bertz CT molecular complexity index is 639. The minimum Gasteiger partial charge on any atom is -0.252 e. The molecular weight excluding hydrogens is 286 g/mol. The summed E-state index contributed by atoms with van der Waals surface area (Å²) < 4.78 is 0. The highest BCUT2D eigenvalue weighted by Gasteiger charge is 2.17. The normalized spacial score (nSPS) is 26.3. The Balaban J connectivity index is 0.000000847. The van der Waals surface area contributed by atoms with E-state index in [0.717, 1.165) is 11.4 Å². The summed E-state index contributed by atoms with van der Waals surface area (Å²) in [5.74, 6) is 0.949. The lowest BCUT2D eigenvalue weighted by atomic mass is 10.1. The summed E-state index contributed by atoms with van der Waals surface area (Å²) in [5.41, 5.74) is 3.43. The van der Waals surface area contributed by atoms with Crippen molar-refractivity contribution in [1.29, 1.82) is 0 Å². The van der Waals surface area contributed by atoms with E-state index >= 15 is 0 Å². The first-order chi connectivity index (χ1) is 10.6. The Morgan fingerprint density at radius 2 is 1.36 bits per heavy atom. The van der Waals surface area contributed by atoms with Gasteiger partial charge in [-0.15, -0.1) is 0 Å². The van der Waals surface area contributed by atoms with Crippen LogP contribution in [0.25, 0.3) is 0 Å². The number of nitrogens with zero attached hydrogens (tertiary/aromatic N) is 1. The molecule has 0 N–H and O–H groups in total. The summed E-state index contributed by atoms with van der Waals surface area (Å²) >= 11 is 1.82. The number of hydrogen-bond acceptors (Lipinski definition) is 2. The van der Waals surface area contributed by atoms with Crippen molar-refractivity contribution in [2.75, 3.05) is 0 Å². The first-order valence-corrected chi connectivity index (χ1v) is 8.90. The zero-order chi connectivity index (χ0) is 16.1. The molecule has 0 saturated heterocycles. The van der Waals surface area contributed by atoms with E-state index in [-0.39, 0.29) is 0 Å². The fraction of sp³-hybridized carbons (Fsp3) is 0.350. The fourth-order valence-corrected chi connectivity index (χ4v) is 3.44. The van der Waals surface area contributed by atoms with Crippen LogP contribution in [0.5, 0.6) is 0 Å². The first kappa shape index (κ1) is 16.8. The number of hydrogen-bond donors (Lipinski definition) is 0. The summed E-state index contributed by atoms with van der Waals surface area (Å²) in [6, 6.07) is 0. The number of rotatable bonds is 0. The lowest BCUT2D eigenvalue weighted by molar-refractivity contribution is 0.941. The number of aliphatic imine (C=N–C) groups is 1. The Labute approximate surface area is 139 Å². The molecule has 3 rings (SSSR count). The highest BCUT2D eigenvalue weighted by Crippen LogP contribution is 2.39. The Morgan fingerprint density at radius 3 is 2.05 bits per heavy atom. The lowest BCUT2D eigenvalue weighted by Crippen LogP contribution is -1.96. The molecule has 0 aromatic rings. The van der Waals surface area contributed by atoms with E-state index in [4.69, 9.17) is 4.99 Å². The molecule has 2 heteroatoms. The molecule has 3 aliphatic rings. The minimum absolute atomic E-state index is 0.469. The standard InChI is InChI=1S/C18H19NS.C2H6/c1-12-4-8-15-14(3)19-16-9-5-13(2)7-11-18(16)20-17(15)10-6-12;1-2/h4-13H,1-3H3;1-2H3. The highest BCUT2D eigenvalue weighted by molar-refractivity contribution is 8.07. The maximum absolute atomic E-state index is 4.84. The molecule has 0 amide bonds. The van der Waals surface area contributed by atoms with Gasteiger partial charge in [0.05, 0.1) is 5.70 Å². The predicted octanol–water partition coefficient (Wildman–Crippen LogP) is 6.21. The molecule has 0 saturated carbocycles. The Hall–Kier alpha value is -1.54. The molecule has 0 bridgehead atoms. The average molecular weight is 311 g/mol. The molecule has 22 heavy (non-hydrogen) atoms. The van der Waals surface area contributed by atoms with Gasteiger partial charge in [-0.05, 0) is 30.9 Å². The molecule has 0 fully saturated rings. The van der Waals surface area contributed by atoms with E-state index in [2.05, 4.69) is 69.4 Å². The van der Waals surface area contributed by atoms with E-state index in [1.807, 2.05) is 25.6 Å². The molecule has 1 aliphatic heterocycles. The van der Waals surface area contributed by atoms with Crippen molar-refractivity contribution in [2.45, 2.75) is 34.6 Å². The Morgan fingerprint density at radius 1 is 0.818 bits per heavy atom. The van der Waals surface area contributed by atoms with E-state index < -0.39 is 0 Å². The van der Waals surface area contributed by atoms with Crippen LogP contribution in [-0.2, 0) is 0 Å². The average Bonchev–Trinajstić information content (AvgIpc) is 2.86. The van der Waals surface area contributed by atoms with Gasteiger partial charge in [-0.3, -0.25) is 4.99 Å². The lowest BCUT2D eigenvalue weighted by Gasteiger charge is -2.05. The summed E-state index contributed by atoms with van der Waals surface area (Å²) in [6.07, 6.45) is 17.8. The maximum Gasteiger partial charge on any atom is 0.0769 e. The predicted molar refractivity (Wildman–Crippen MR) is 101 cm³/mol. The molecule has 1 heterocycles. The van der Waals surface area contributed by atoms with Crippen LogP contribution in [-0.4, -0.2) is 5.71 Å². The molecule has 116 valence electrons. The van der Waals surface area contributed by atoms with Crippen LogP contribution >= 0.6 is 11.8 Å². The van der Waals surface area contributed by atoms with Crippen molar-refractivity contribution in [3.63, 3.8) is 0 Å². The van der Waals surface area contributed by atoms with Crippen molar-refractivity contribution < 1.29 is 0 Å². The van der Waals surface area contributed by atoms with E-state index in [9.17, 15) is 0 Å². The highest BCUT2D eigenvalue weighted by atomic mass is 32.2. The van der Waals surface area contributed by atoms with Gasteiger partial charge >= 0.3 is 0 Å². The van der Waals surface area contributed by atoms with Gasteiger partial charge in [-0.25, -0.2) is 0 Å². The third kappa shape index (κ3) is 3.80. The summed E-state index contributed by atoms with van der Waals surface area (Å²) in [4.78, 5) is 7.37. The topological polar surface area (TPSA) is 12.4 Å². The van der Waals surface area contributed by atoms with Gasteiger partial charge in [-0.1, -0.05) is 75.9 Å². The minimum atomic E-state index is 0.469. The van der Waals surface area contributed by atoms with Crippen molar-refractivity contribution in [2.24, 2.45) is 16.8 Å². The van der Waals surface area contributed by atoms with Crippen LogP contribution < -0.4 is 0 Å². The van der Waals surface area contributed by atoms with Crippen LogP contribution in [0, 0.1) is 11.8 Å². The molecule has 2 atom stereocenters. The van der Waals surface area contributed by atoms with E-state index in [1.165, 1.54) is 15.4 Å². The zero-order valence-corrected chi connectivity index (χ0v) is 14.9. The van der Waals surface area contributed by atoms with Crippen molar-refractivity contribution in [3.05, 3.63) is 69.7 Å². The molecule has 2 aliphatic carbocycles. The van der Waals surface area contributed by atoms with Gasteiger partial charge in [0.2, 0.25) is 0 Å². The van der Waals surface area contributed by atoms with Crippen molar-refractivity contribution in [3.8, 4) is 0 Å². The smallest absolute Gasteiger partial charge is 0.0769 e. The van der Waals surface area contributed by atoms with Gasteiger partial charge in [0.15, 0.2) is 0 Å². The quantitative estimate of drug-likeness (QED) is 0.518. The second kappa shape index (κ2) is 7.64. The van der Waals surface area contributed by atoms with Crippen LogP contribution in [0.1, 0.15) is 34.6 Å². The molecule has 0 aromatic carbocycles. The monoisotopic (exact) mass is 311 g/mol. The second-order valence-corrected chi connectivity index (χ2v) is 6.57. The van der Waals surface area contributed by atoms with Gasteiger partial charge in [0.25, 0.3) is 0 Å². The van der Waals surface area contributed by atoms with Gasteiger partial charge in [-0.2, -0.15) is 0 Å². The largest absolute Gasteiger partial charge is 0.252 e. The molecule has 0 aromatic heterocycles. The molecule has 1 nitrogen and oxygen atoms in total. The molecule has 2 unspecified atom stereocenters. The third-order valence-electron chi connectivity index (χ3n) is 3.64.